The molecular formula is C13H23N3O. The first-order chi connectivity index (χ1) is 8.15. The van der Waals surface area contributed by atoms with E-state index in [0.717, 1.165) is 18.9 Å². The van der Waals surface area contributed by atoms with Crippen LogP contribution in [0, 0.1) is 5.92 Å². The van der Waals surface area contributed by atoms with Crippen molar-refractivity contribution in [3.8, 4) is 0 Å². The molecule has 0 amide bonds. The van der Waals surface area contributed by atoms with Crippen molar-refractivity contribution in [1.82, 2.24) is 10.3 Å². The largest absolute Gasteiger partial charge is 0.395 e. The van der Waals surface area contributed by atoms with Gasteiger partial charge in [0.2, 0.25) is 0 Å². The van der Waals surface area contributed by atoms with Crippen LogP contribution >= 0.6 is 0 Å². The Morgan fingerprint density at radius 2 is 2.24 bits per heavy atom. The highest BCUT2D eigenvalue weighted by atomic mass is 16.3. The van der Waals surface area contributed by atoms with Crippen LogP contribution in [0.15, 0.2) is 18.3 Å². The second kappa shape index (κ2) is 7.25. The van der Waals surface area contributed by atoms with E-state index in [1.54, 1.807) is 6.20 Å². The number of rotatable bonds is 7. The fraction of sp³-hybridized carbons (Fsp3) is 0.615. The van der Waals surface area contributed by atoms with Gasteiger partial charge in [-0.1, -0.05) is 19.9 Å². The van der Waals surface area contributed by atoms with Crippen molar-refractivity contribution in [2.45, 2.75) is 20.4 Å². The van der Waals surface area contributed by atoms with Crippen molar-refractivity contribution >= 4 is 5.82 Å². The van der Waals surface area contributed by atoms with Crippen LogP contribution < -0.4 is 10.2 Å². The number of anilines is 1. The number of likely N-dealkylation sites (N-methyl/N-ethyl adjacent to an activating group) is 1. The minimum Gasteiger partial charge on any atom is -0.395 e. The number of aliphatic hydroxyl groups excluding tert-OH is 1. The third kappa shape index (κ3) is 4.71. The molecule has 0 aliphatic rings. The summed E-state index contributed by atoms with van der Waals surface area (Å²) in [6.45, 7) is 6.94. The maximum absolute atomic E-state index is 8.95. The molecule has 1 aromatic heterocycles. The first-order valence-electron chi connectivity index (χ1n) is 6.11. The lowest BCUT2D eigenvalue weighted by atomic mass is 10.2. The van der Waals surface area contributed by atoms with Gasteiger partial charge in [0.25, 0.3) is 0 Å². The Bertz CT molecular complexity index is 328. The number of hydrogen-bond acceptors (Lipinski definition) is 4. The normalized spacial score (nSPS) is 10.9. The number of hydrogen-bond donors (Lipinski definition) is 2. The summed E-state index contributed by atoms with van der Waals surface area (Å²) in [4.78, 5) is 6.35. The summed E-state index contributed by atoms with van der Waals surface area (Å²) in [5.41, 5.74) is 1.17. The van der Waals surface area contributed by atoms with E-state index in [1.807, 2.05) is 18.0 Å². The van der Waals surface area contributed by atoms with E-state index in [-0.39, 0.29) is 6.61 Å². The lowest BCUT2D eigenvalue weighted by Crippen LogP contribution is -2.26. The monoisotopic (exact) mass is 237 g/mol. The van der Waals surface area contributed by atoms with Gasteiger partial charge in [-0.25, -0.2) is 4.98 Å². The highest BCUT2D eigenvalue weighted by Gasteiger charge is 2.07. The van der Waals surface area contributed by atoms with E-state index in [1.165, 1.54) is 5.56 Å². The standard InChI is InChI=1S/C13H23N3O/c1-11(2)9-14-10-12-5-4-6-15-13(12)16(3)7-8-17/h4-6,11,14,17H,7-10H2,1-3H3. The summed E-state index contributed by atoms with van der Waals surface area (Å²) in [7, 11) is 1.95. The van der Waals surface area contributed by atoms with Gasteiger partial charge in [-0.15, -0.1) is 0 Å². The molecule has 0 aromatic carbocycles. The Balaban J connectivity index is 2.63. The predicted molar refractivity (Wildman–Crippen MR) is 71.1 cm³/mol. The molecule has 1 rings (SSSR count). The number of aromatic nitrogens is 1. The summed E-state index contributed by atoms with van der Waals surface area (Å²) in [5.74, 6) is 1.59. The number of nitrogens with one attached hydrogen (secondary N) is 1. The molecule has 4 nitrogen and oxygen atoms in total. The van der Waals surface area contributed by atoms with E-state index in [9.17, 15) is 0 Å². The van der Waals surface area contributed by atoms with Gasteiger partial charge in [-0.2, -0.15) is 0 Å². The molecule has 1 aromatic rings. The van der Waals surface area contributed by atoms with Gasteiger partial charge in [0, 0.05) is 31.9 Å². The van der Waals surface area contributed by atoms with E-state index < -0.39 is 0 Å². The Hall–Kier alpha value is -1.13. The van der Waals surface area contributed by atoms with Gasteiger partial charge < -0.3 is 15.3 Å². The highest BCUT2D eigenvalue weighted by molar-refractivity contribution is 5.45. The Kier molecular flexibility index (Phi) is 5.94. The zero-order valence-corrected chi connectivity index (χ0v) is 11.0. The van der Waals surface area contributed by atoms with E-state index >= 15 is 0 Å². The van der Waals surface area contributed by atoms with E-state index in [2.05, 4.69) is 30.2 Å². The molecule has 0 saturated carbocycles. The summed E-state index contributed by atoms with van der Waals surface area (Å²) in [5, 5.41) is 12.4. The van der Waals surface area contributed by atoms with Crippen molar-refractivity contribution < 1.29 is 5.11 Å². The van der Waals surface area contributed by atoms with E-state index in [4.69, 9.17) is 5.11 Å². The Labute approximate surface area is 104 Å². The third-order valence-corrected chi connectivity index (χ3v) is 2.53. The lowest BCUT2D eigenvalue weighted by molar-refractivity contribution is 0.303. The van der Waals surface area contributed by atoms with Gasteiger partial charge >= 0.3 is 0 Å². The molecule has 1 heterocycles. The minimum atomic E-state index is 0.145. The molecular weight excluding hydrogens is 214 g/mol. The van der Waals surface area contributed by atoms with Gasteiger partial charge in [0.1, 0.15) is 5.82 Å². The molecule has 2 N–H and O–H groups in total. The first-order valence-corrected chi connectivity index (χ1v) is 6.11. The molecule has 0 atom stereocenters. The van der Waals surface area contributed by atoms with E-state index in [0.29, 0.717) is 12.5 Å². The van der Waals surface area contributed by atoms with Crippen LogP contribution in [-0.4, -0.2) is 36.8 Å². The average Bonchev–Trinajstić information content (AvgIpc) is 2.29. The number of pyridine rings is 1. The fourth-order valence-corrected chi connectivity index (χ4v) is 1.66. The van der Waals surface area contributed by atoms with Gasteiger partial charge in [0.05, 0.1) is 6.61 Å². The first kappa shape index (κ1) is 13.9. The van der Waals surface area contributed by atoms with Crippen molar-refractivity contribution in [2.24, 2.45) is 5.92 Å². The molecule has 0 fully saturated rings. The molecule has 0 saturated heterocycles. The molecule has 4 heteroatoms. The molecule has 0 aliphatic carbocycles. The Morgan fingerprint density at radius 1 is 1.47 bits per heavy atom. The van der Waals surface area contributed by atoms with Crippen LogP contribution in [0.3, 0.4) is 0 Å². The van der Waals surface area contributed by atoms with Crippen LogP contribution in [0.4, 0.5) is 5.82 Å². The zero-order valence-electron chi connectivity index (χ0n) is 11.0. The maximum Gasteiger partial charge on any atom is 0.132 e. The average molecular weight is 237 g/mol. The zero-order chi connectivity index (χ0) is 12.7. The second-order valence-electron chi connectivity index (χ2n) is 4.66. The topological polar surface area (TPSA) is 48.4 Å². The van der Waals surface area contributed by atoms with Gasteiger partial charge in [-0.05, 0) is 18.5 Å². The van der Waals surface area contributed by atoms with Crippen molar-refractivity contribution in [3.63, 3.8) is 0 Å². The fourth-order valence-electron chi connectivity index (χ4n) is 1.66. The second-order valence-corrected chi connectivity index (χ2v) is 4.66. The summed E-state index contributed by atoms with van der Waals surface area (Å²) < 4.78 is 0. The van der Waals surface area contributed by atoms with Crippen LogP contribution in [0.5, 0.6) is 0 Å². The summed E-state index contributed by atoms with van der Waals surface area (Å²) in [6.07, 6.45) is 1.79. The summed E-state index contributed by atoms with van der Waals surface area (Å²) >= 11 is 0. The quantitative estimate of drug-likeness (QED) is 0.749. The SMILES string of the molecule is CC(C)CNCc1cccnc1N(C)CCO. The van der Waals surface area contributed by atoms with Crippen LogP contribution in [0.25, 0.3) is 0 Å². The Morgan fingerprint density at radius 3 is 2.88 bits per heavy atom. The van der Waals surface area contributed by atoms with Crippen LogP contribution in [-0.2, 0) is 6.54 Å². The van der Waals surface area contributed by atoms with Crippen molar-refractivity contribution in [3.05, 3.63) is 23.9 Å². The van der Waals surface area contributed by atoms with Gasteiger partial charge in [-0.3, -0.25) is 0 Å². The van der Waals surface area contributed by atoms with Crippen molar-refractivity contribution in [1.29, 1.82) is 0 Å². The summed E-state index contributed by atoms with van der Waals surface area (Å²) in [6, 6.07) is 4.02. The molecule has 0 spiro atoms. The smallest absolute Gasteiger partial charge is 0.132 e. The van der Waals surface area contributed by atoms with Crippen molar-refractivity contribution in [2.75, 3.05) is 31.6 Å². The highest BCUT2D eigenvalue weighted by Crippen LogP contribution is 2.15. The molecule has 0 radical (unpaired) electrons. The third-order valence-electron chi connectivity index (χ3n) is 2.53. The molecule has 96 valence electrons. The predicted octanol–water partition coefficient (Wildman–Crippen LogP) is 1.26. The van der Waals surface area contributed by atoms with Gasteiger partial charge in [0.15, 0.2) is 0 Å². The molecule has 0 aliphatic heterocycles. The van der Waals surface area contributed by atoms with Crippen LogP contribution in [0.2, 0.25) is 0 Å². The maximum atomic E-state index is 8.95. The number of nitrogens with zero attached hydrogens (tertiary/aromatic N) is 2. The van der Waals surface area contributed by atoms with Crippen LogP contribution in [0.1, 0.15) is 19.4 Å². The lowest BCUT2D eigenvalue weighted by Gasteiger charge is -2.20. The molecule has 0 bridgehead atoms. The molecule has 17 heavy (non-hydrogen) atoms. The molecule has 0 unspecified atom stereocenters. The minimum absolute atomic E-state index is 0.145. The number of aliphatic hydroxyl groups is 1.